The van der Waals surface area contributed by atoms with Crippen LogP contribution >= 0.6 is 0 Å². The van der Waals surface area contributed by atoms with Crippen LogP contribution < -0.4 is 0 Å². The van der Waals surface area contributed by atoms with E-state index in [4.69, 9.17) is 0 Å². The number of nitrogens with zero attached hydrogens (tertiary/aromatic N) is 1. The molecule has 0 aromatic rings. The third-order valence-electron chi connectivity index (χ3n) is 1.55. The molecule has 0 fully saturated rings. The summed E-state index contributed by atoms with van der Waals surface area (Å²) in [6.45, 7) is -1.79. The van der Waals surface area contributed by atoms with Crippen LogP contribution in [0.1, 0.15) is 0 Å². The highest BCUT2D eigenvalue weighted by Gasteiger charge is 2.57. The van der Waals surface area contributed by atoms with Crippen LogP contribution in [0.4, 0.5) is 35.5 Å². The third kappa shape index (κ3) is 4.34. The zero-order valence-electron chi connectivity index (χ0n) is 7.29. The average molecular weight is 241 g/mol. The first-order chi connectivity index (χ1) is 6.46. The molecular formula is C6H6F7NO. The van der Waals surface area contributed by atoms with Crippen LogP contribution in [0.15, 0.2) is 0 Å². The second-order valence-corrected chi connectivity index (χ2v) is 2.77. The van der Waals surface area contributed by atoms with Crippen LogP contribution in [0.25, 0.3) is 0 Å². The predicted octanol–water partition coefficient (Wildman–Crippen LogP) is 2.75. The highest BCUT2D eigenvalue weighted by molar-refractivity contribution is 5.65. The molecule has 0 bridgehead atoms. The Balaban J connectivity index is 4.77. The van der Waals surface area contributed by atoms with E-state index in [-0.39, 0.29) is 4.90 Å². The molecule has 1 amide bonds. The van der Waals surface area contributed by atoms with Gasteiger partial charge in [0, 0.05) is 13.6 Å². The minimum Gasteiger partial charge on any atom is -0.317 e. The van der Waals surface area contributed by atoms with E-state index < -0.39 is 31.0 Å². The minimum atomic E-state index is -5.57. The molecule has 0 radical (unpaired) electrons. The monoisotopic (exact) mass is 241 g/mol. The van der Waals surface area contributed by atoms with Gasteiger partial charge in [-0.05, 0) is 0 Å². The molecule has 15 heavy (non-hydrogen) atoms. The molecule has 0 rings (SSSR count). The Morgan fingerprint density at radius 3 is 1.67 bits per heavy atom. The summed E-state index contributed by atoms with van der Waals surface area (Å²) in [7, 11) is 0.507. The summed E-state index contributed by atoms with van der Waals surface area (Å²) in [6, 6.07) is 0. The van der Waals surface area contributed by atoms with Crippen LogP contribution in [0, 0.1) is 5.92 Å². The van der Waals surface area contributed by atoms with Crippen molar-refractivity contribution in [2.45, 2.75) is 12.4 Å². The second kappa shape index (κ2) is 4.23. The molecule has 0 aliphatic heterocycles. The average Bonchev–Trinajstić information content (AvgIpc) is 1.94. The fourth-order valence-corrected chi connectivity index (χ4v) is 0.738. The fraction of sp³-hybridized carbons (Fsp3) is 0.833. The van der Waals surface area contributed by atoms with Crippen molar-refractivity contribution < 1.29 is 35.5 Å². The number of hydrogen-bond acceptors (Lipinski definition) is 1. The summed E-state index contributed by atoms with van der Waals surface area (Å²) in [5.74, 6) is -3.74. The first-order valence-corrected chi connectivity index (χ1v) is 3.50. The molecule has 0 aromatic carbocycles. The Hall–Kier alpha value is -1.02. The zero-order valence-corrected chi connectivity index (χ0v) is 7.29. The van der Waals surface area contributed by atoms with E-state index in [1.807, 2.05) is 0 Å². The Morgan fingerprint density at radius 2 is 1.47 bits per heavy atom. The smallest absolute Gasteiger partial charge is 0.317 e. The molecule has 0 aromatic heterocycles. The second-order valence-electron chi connectivity index (χ2n) is 2.77. The van der Waals surface area contributed by atoms with E-state index in [1.165, 1.54) is 0 Å². The molecule has 2 nitrogen and oxygen atoms in total. The number of halogens is 7. The Labute approximate surface area is 79.6 Å². The van der Waals surface area contributed by atoms with Gasteiger partial charge >= 0.3 is 18.5 Å². The molecular weight excluding hydrogens is 235 g/mol. The lowest BCUT2D eigenvalue weighted by molar-refractivity contribution is -0.285. The van der Waals surface area contributed by atoms with Gasteiger partial charge in [-0.1, -0.05) is 0 Å². The van der Waals surface area contributed by atoms with E-state index in [0.717, 1.165) is 0 Å². The van der Waals surface area contributed by atoms with Crippen LogP contribution in [-0.2, 0) is 0 Å². The lowest BCUT2D eigenvalue weighted by Gasteiger charge is -2.25. The Morgan fingerprint density at radius 1 is 1.13 bits per heavy atom. The van der Waals surface area contributed by atoms with E-state index in [1.54, 1.807) is 0 Å². The van der Waals surface area contributed by atoms with Gasteiger partial charge in [-0.3, -0.25) is 0 Å². The van der Waals surface area contributed by atoms with Gasteiger partial charge in [0.05, 0.1) is 0 Å². The molecule has 0 spiro atoms. The maximum absolute atomic E-state index is 11.9. The van der Waals surface area contributed by atoms with Gasteiger partial charge in [-0.25, -0.2) is 4.79 Å². The summed E-state index contributed by atoms with van der Waals surface area (Å²) in [5, 5.41) is 0. The number of rotatable bonds is 2. The topological polar surface area (TPSA) is 20.3 Å². The van der Waals surface area contributed by atoms with Crippen LogP contribution in [-0.4, -0.2) is 37.0 Å². The van der Waals surface area contributed by atoms with Crippen molar-refractivity contribution in [1.29, 1.82) is 0 Å². The summed E-state index contributed by atoms with van der Waals surface area (Å²) in [6.07, 6.45) is -13.5. The predicted molar refractivity (Wildman–Crippen MR) is 34.7 cm³/mol. The summed E-state index contributed by atoms with van der Waals surface area (Å²) in [4.78, 5) is 9.57. The molecule has 9 heteroatoms. The van der Waals surface area contributed by atoms with E-state index >= 15 is 0 Å². The number of hydrogen-bond donors (Lipinski definition) is 0. The van der Waals surface area contributed by atoms with Gasteiger partial charge in [0.1, 0.15) is 0 Å². The fourth-order valence-electron chi connectivity index (χ4n) is 0.738. The van der Waals surface area contributed by atoms with E-state index in [0.29, 0.717) is 7.05 Å². The first kappa shape index (κ1) is 14.0. The molecule has 0 N–H and O–H groups in total. The lowest BCUT2D eigenvalue weighted by atomic mass is 10.1. The summed E-state index contributed by atoms with van der Waals surface area (Å²) < 4.78 is 82.9. The van der Waals surface area contributed by atoms with Crippen LogP contribution in [0.5, 0.6) is 0 Å². The zero-order chi connectivity index (χ0) is 12.4. The molecule has 0 saturated carbocycles. The maximum atomic E-state index is 11.9. The van der Waals surface area contributed by atoms with Crippen molar-refractivity contribution in [2.75, 3.05) is 13.6 Å². The van der Waals surface area contributed by atoms with Crippen molar-refractivity contribution >= 4 is 6.16 Å². The van der Waals surface area contributed by atoms with Gasteiger partial charge in [-0.15, -0.1) is 4.39 Å². The molecule has 0 saturated heterocycles. The highest BCUT2D eigenvalue weighted by atomic mass is 19.4. The number of alkyl halides is 6. The van der Waals surface area contributed by atoms with Gasteiger partial charge in [-0.2, -0.15) is 26.3 Å². The Kier molecular flexibility index (Phi) is 3.94. The van der Waals surface area contributed by atoms with Crippen molar-refractivity contribution in [3.05, 3.63) is 0 Å². The van der Waals surface area contributed by atoms with Crippen LogP contribution in [0.2, 0.25) is 0 Å². The SMILES string of the molecule is CN(CC(C(F)(F)F)C(F)(F)F)C(=O)F. The third-order valence-corrected chi connectivity index (χ3v) is 1.55. The maximum Gasteiger partial charge on any atom is 0.402 e. The number of carbonyl (C=O) groups excluding carboxylic acids is 1. The van der Waals surface area contributed by atoms with Crippen molar-refractivity contribution in [3.63, 3.8) is 0 Å². The van der Waals surface area contributed by atoms with Crippen molar-refractivity contribution in [3.8, 4) is 0 Å². The van der Waals surface area contributed by atoms with Crippen molar-refractivity contribution in [1.82, 2.24) is 4.90 Å². The van der Waals surface area contributed by atoms with Crippen molar-refractivity contribution in [2.24, 2.45) is 5.92 Å². The standard InChI is InChI=1S/C6H6F7NO/c1-14(4(7)15)2-3(5(8,9)10)6(11,12)13/h3H,2H2,1H3. The quantitative estimate of drug-likeness (QED) is 0.413. The largest absolute Gasteiger partial charge is 0.402 e. The number of carbonyl (C=O) groups is 1. The number of amides is 1. The van der Waals surface area contributed by atoms with Gasteiger partial charge in [0.25, 0.3) is 0 Å². The summed E-state index contributed by atoms with van der Waals surface area (Å²) in [5.41, 5.74) is 0. The lowest BCUT2D eigenvalue weighted by Crippen LogP contribution is -2.44. The first-order valence-electron chi connectivity index (χ1n) is 3.50. The molecule has 0 unspecified atom stereocenters. The summed E-state index contributed by atoms with van der Waals surface area (Å²) >= 11 is 0. The van der Waals surface area contributed by atoms with Gasteiger partial charge < -0.3 is 4.90 Å². The van der Waals surface area contributed by atoms with Crippen LogP contribution in [0.3, 0.4) is 0 Å². The molecule has 90 valence electrons. The van der Waals surface area contributed by atoms with Gasteiger partial charge in [0.15, 0.2) is 5.92 Å². The Bertz CT molecular complexity index is 219. The van der Waals surface area contributed by atoms with E-state index in [9.17, 15) is 35.5 Å². The molecule has 0 aliphatic carbocycles. The van der Waals surface area contributed by atoms with Gasteiger partial charge in [0.2, 0.25) is 0 Å². The minimum absolute atomic E-state index is 0.286. The molecule has 0 heterocycles. The normalized spacial score (nSPS) is 13.1. The molecule has 0 atom stereocenters. The molecule has 0 aliphatic rings. The highest BCUT2D eigenvalue weighted by Crippen LogP contribution is 2.39. The van der Waals surface area contributed by atoms with E-state index in [2.05, 4.69) is 0 Å².